The maximum absolute atomic E-state index is 13.1. The van der Waals surface area contributed by atoms with Crippen LogP contribution >= 0.6 is 27.3 Å². The van der Waals surface area contributed by atoms with Crippen LogP contribution < -0.4 is 5.73 Å². The zero-order chi connectivity index (χ0) is 11.5. The molecule has 1 aromatic carbocycles. The highest BCUT2D eigenvalue weighted by Crippen LogP contribution is 2.25. The first-order valence-corrected chi connectivity index (χ1v) is 6.43. The van der Waals surface area contributed by atoms with Gasteiger partial charge in [0.1, 0.15) is 5.82 Å². The Labute approximate surface area is 105 Å². The molecule has 0 aliphatic carbocycles. The maximum Gasteiger partial charge on any atom is 0.123 e. The molecule has 2 nitrogen and oxygen atoms in total. The average Bonchev–Trinajstić information content (AvgIpc) is 2.74. The molecule has 2 aromatic rings. The molecule has 2 N–H and O–H groups in total. The van der Waals surface area contributed by atoms with E-state index in [1.807, 2.05) is 5.38 Å². The first-order chi connectivity index (χ1) is 7.66. The lowest BCUT2D eigenvalue weighted by Crippen LogP contribution is -2.14. The Balaban J connectivity index is 2.20. The van der Waals surface area contributed by atoms with Crippen molar-refractivity contribution < 1.29 is 4.39 Å². The van der Waals surface area contributed by atoms with Crippen molar-refractivity contribution in [3.05, 3.63) is 50.6 Å². The topological polar surface area (TPSA) is 38.9 Å². The van der Waals surface area contributed by atoms with Gasteiger partial charge in [0, 0.05) is 28.5 Å². The fraction of sp³-hybridized carbons (Fsp3) is 0.182. The van der Waals surface area contributed by atoms with Gasteiger partial charge < -0.3 is 5.73 Å². The zero-order valence-corrected chi connectivity index (χ0v) is 10.8. The maximum atomic E-state index is 13.1. The minimum absolute atomic E-state index is 0.240. The van der Waals surface area contributed by atoms with E-state index in [4.69, 9.17) is 5.73 Å². The largest absolute Gasteiger partial charge is 0.324 e. The second kappa shape index (κ2) is 5.03. The van der Waals surface area contributed by atoms with Crippen LogP contribution in [0.2, 0.25) is 0 Å². The van der Waals surface area contributed by atoms with Crippen LogP contribution in [0.4, 0.5) is 4.39 Å². The van der Waals surface area contributed by atoms with Gasteiger partial charge in [0.25, 0.3) is 0 Å². The molecule has 0 amide bonds. The Kier molecular flexibility index (Phi) is 3.68. The molecular formula is C11H10BrFN2S. The van der Waals surface area contributed by atoms with Crippen molar-refractivity contribution in [1.82, 2.24) is 4.98 Å². The summed E-state index contributed by atoms with van der Waals surface area (Å²) in [7, 11) is 0. The minimum atomic E-state index is -0.271. The number of hydrogen-bond acceptors (Lipinski definition) is 3. The van der Waals surface area contributed by atoms with Gasteiger partial charge in [0.2, 0.25) is 0 Å². The van der Waals surface area contributed by atoms with Gasteiger partial charge in [-0.25, -0.2) is 9.37 Å². The Hall–Kier alpha value is -0.780. The quantitative estimate of drug-likeness (QED) is 0.945. The molecule has 0 aliphatic rings. The molecule has 1 heterocycles. The van der Waals surface area contributed by atoms with Gasteiger partial charge in [0.15, 0.2) is 0 Å². The molecule has 1 atom stereocenters. The van der Waals surface area contributed by atoms with E-state index >= 15 is 0 Å². The van der Waals surface area contributed by atoms with E-state index in [2.05, 4.69) is 20.9 Å². The first kappa shape index (κ1) is 11.7. The van der Waals surface area contributed by atoms with Crippen molar-refractivity contribution in [2.75, 3.05) is 0 Å². The predicted octanol–water partition coefficient (Wildman–Crippen LogP) is 3.29. The smallest absolute Gasteiger partial charge is 0.123 e. The van der Waals surface area contributed by atoms with Gasteiger partial charge >= 0.3 is 0 Å². The van der Waals surface area contributed by atoms with Crippen LogP contribution in [-0.2, 0) is 6.42 Å². The van der Waals surface area contributed by atoms with Crippen LogP contribution in [-0.4, -0.2) is 4.98 Å². The van der Waals surface area contributed by atoms with Gasteiger partial charge in [-0.15, -0.1) is 11.3 Å². The van der Waals surface area contributed by atoms with Crippen LogP contribution in [0.5, 0.6) is 0 Å². The summed E-state index contributed by atoms with van der Waals surface area (Å²) in [6.07, 6.45) is 2.37. The van der Waals surface area contributed by atoms with E-state index in [-0.39, 0.29) is 11.9 Å². The number of nitrogens with two attached hydrogens (primary N) is 1. The molecular weight excluding hydrogens is 291 g/mol. The number of benzene rings is 1. The molecule has 1 unspecified atom stereocenters. The summed E-state index contributed by atoms with van der Waals surface area (Å²) in [5.41, 5.74) is 6.80. The van der Waals surface area contributed by atoms with Crippen molar-refractivity contribution in [3.8, 4) is 0 Å². The van der Waals surface area contributed by atoms with Gasteiger partial charge in [-0.05, 0) is 23.8 Å². The number of rotatable bonds is 3. The van der Waals surface area contributed by atoms with Crippen molar-refractivity contribution in [3.63, 3.8) is 0 Å². The Morgan fingerprint density at radius 3 is 3.00 bits per heavy atom. The van der Waals surface area contributed by atoms with Gasteiger partial charge in [-0.1, -0.05) is 15.9 Å². The highest BCUT2D eigenvalue weighted by atomic mass is 79.9. The number of nitrogens with zero attached hydrogens (tertiary/aromatic N) is 1. The van der Waals surface area contributed by atoms with Gasteiger partial charge in [-0.3, -0.25) is 0 Å². The molecule has 0 saturated heterocycles. The average molecular weight is 301 g/mol. The second-order valence-electron chi connectivity index (χ2n) is 3.40. The van der Waals surface area contributed by atoms with Crippen LogP contribution in [0.3, 0.4) is 0 Å². The molecule has 0 spiro atoms. The Bertz CT molecular complexity index is 473. The van der Waals surface area contributed by atoms with Crippen molar-refractivity contribution in [2.45, 2.75) is 12.5 Å². The summed E-state index contributed by atoms with van der Waals surface area (Å²) in [6, 6.07) is 4.30. The highest BCUT2D eigenvalue weighted by Gasteiger charge is 2.12. The van der Waals surface area contributed by atoms with E-state index in [1.165, 1.54) is 12.1 Å². The Morgan fingerprint density at radius 2 is 2.31 bits per heavy atom. The SMILES string of the molecule is NC(Cc1nccs1)c1cc(F)ccc1Br. The monoisotopic (exact) mass is 300 g/mol. The van der Waals surface area contributed by atoms with Crippen molar-refractivity contribution >= 4 is 27.3 Å². The predicted molar refractivity (Wildman–Crippen MR) is 66.8 cm³/mol. The lowest BCUT2D eigenvalue weighted by molar-refractivity contribution is 0.617. The normalized spacial score (nSPS) is 12.7. The molecule has 5 heteroatoms. The molecule has 16 heavy (non-hydrogen) atoms. The standard InChI is InChI=1S/C11H10BrFN2S/c12-9-2-1-7(13)5-8(9)10(14)6-11-15-3-4-16-11/h1-5,10H,6,14H2. The third kappa shape index (κ3) is 2.66. The van der Waals surface area contributed by atoms with E-state index in [0.29, 0.717) is 6.42 Å². The molecule has 0 aliphatic heterocycles. The van der Waals surface area contributed by atoms with Crippen molar-refractivity contribution in [2.24, 2.45) is 5.73 Å². The molecule has 0 radical (unpaired) electrons. The van der Waals surface area contributed by atoms with Crippen molar-refractivity contribution in [1.29, 1.82) is 0 Å². The summed E-state index contributed by atoms with van der Waals surface area (Å²) in [4.78, 5) is 4.16. The molecule has 0 bridgehead atoms. The molecule has 0 fully saturated rings. The fourth-order valence-corrected chi connectivity index (χ4v) is 2.67. The van der Waals surface area contributed by atoms with E-state index < -0.39 is 0 Å². The lowest BCUT2D eigenvalue weighted by atomic mass is 10.1. The van der Waals surface area contributed by atoms with Crippen LogP contribution in [0.1, 0.15) is 16.6 Å². The number of aromatic nitrogens is 1. The van der Waals surface area contributed by atoms with Crippen LogP contribution in [0, 0.1) is 5.82 Å². The lowest BCUT2D eigenvalue weighted by Gasteiger charge is -2.12. The summed E-state index contributed by atoms with van der Waals surface area (Å²) < 4.78 is 13.9. The first-order valence-electron chi connectivity index (χ1n) is 4.75. The van der Waals surface area contributed by atoms with E-state index in [0.717, 1.165) is 15.0 Å². The summed E-state index contributed by atoms with van der Waals surface area (Å²) in [6.45, 7) is 0. The fourth-order valence-electron chi connectivity index (χ4n) is 1.45. The van der Waals surface area contributed by atoms with Crippen LogP contribution in [0.15, 0.2) is 34.2 Å². The van der Waals surface area contributed by atoms with Gasteiger partial charge in [0.05, 0.1) is 5.01 Å². The van der Waals surface area contributed by atoms with E-state index in [1.54, 1.807) is 23.6 Å². The molecule has 84 valence electrons. The molecule has 0 saturated carbocycles. The second-order valence-corrected chi connectivity index (χ2v) is 5.24. The minimum Gasteiger partial charge on any atom is -0.324 e. The zero-order valence-electron chi connectivity index (χ0n) is 8.36. The summed E-state index contributed by atoms with van der Waals surface area (Å²) in [5, 5.41) is 2.87. The highest BCUT2D eigenvalue weighted by molar-refractivity contribution is 9.10. The molecule has 1 aromatic heterocycles. The van der Waals surface area contributed by atoms with E-state index in [9.17, 15) is 4.39 Å². The number of halogens is 2. The third-order valence-corrected chi connectivity index (χ3v) is 3.76. The number of thiazole rings is 1. The summed E-state index contributed by atoms with van der Waals surface area (Å²) in [5.74, 6) is -0.271. The Morgan fingerprint density at radius 1 is 1.50 bits per heavy atom. The summed E-state index contributed by atoms with van der Waals surface area (Å²) >= 11 is 4.93. The van der Waals surface area contributed by atoms with Gasteiger partial charge in [-0.2, -0.15) is 0 Å². The molecule has 2 rings (SSSR count). The number of hydrogen-bond donors (Lipinski definition) is 1. The third-order valence-electron chi connectivity index (χ3n) is 2.24. The van der Waals surface area contributed by atoms with Crippen LogP contribution in [0.25, 0.3) is 0 Å².